The van der Waals surface area contributed by atoms with E-state index in [1.165, 1.54) is 18.3 Å². The fourth-order valence-electron chi connectivity index (χ4n) is 3.16. The van der Waals surface area contributed by atoms with Crippen LogP contribution in [0.1, 0.15) is 37.8 Å². The molecule has 0 aliphatic carbocycles. The maximum absolute atomic E-state index is 13.8. The Morgan fingerprint density at radius 3 is 2.43 bits per heavy atom. The Morgan fingerprint density at radius 1 is 1.26 bits per heavy atom. The number of hydrogen-bond donors (Lipinski definition) is 0. The Kier molecular flexibility index (Phi) is 4.54. The molecule has 23 heavy (non-hydrogen) atoms. The molecule has 5 heteroatoms. The van der Waals surface area contributed by atoms with Gasteiger partial charge in [0, 0.05) is 11.8 Å². The molecular weight excluding hydrogens is 306 g/mol. The van der Waals surface area contributed by atoms with Crippen LogP contribution in [0.25, 0.3) is 0 Å². The fraction of sp³-hybridized carbons (Fsp3) is 0.444. The number of aryl methyl sites for hydroxylation is 1. The molecule has 1 aromatic rings. The first-order chi connectivity index (χ1) is 10.5. The summed E-state index contributed by atoms with van der Waals surface area (Å²) in [5.41, 5.74) is 0.565. The monoisotopic (exact) mass is 326 g/mol. The van der Waals surface area contributed by atoms with E-state index in [9.17, 15) is 17.6 Å². The maximum atomic E-state index is 13.8. The minimum atomic E-state index is -4.44. The van der Waals surface area contributed by atoms with Gasteiger partial charge in [0.25, 0.3) is 6.21 Å². The van der Waals surface area contributed by atoms with Crippen molar-refractivity contribution in [3.63, 3.8) is 0 Å². The third-order valence-electron chi connectivity index (χ3n) is 4.75. The Labute approximate surface area is 133 Å². The van der Waals surface area contributed by atoms with Gasteiger partial charge < -0.3 is 0 Å². The average Bonchev–Trinajstić information content (AvgIpc) is 2.44. The normalized spacial score (nSPS) is 20.8. The van der Waals surface area contributed by atoms with Crippen molar-refractivity contribution < 1.29 is 17.6 Å². The lowest BCUT2D eigenvalue weighted by Gasteiger charge is -2.38. The Bertz CT molecular complexity index is 675. The van der Waals surface area contributed by atoms with Crippen LogP contribution in [0.3, 0.4) is 0 Å². The molecule has 0 saturated heterocycles. The zero-order valence-corrected chi connectivity index (χ0v) is 13.5. The van der Waals surface area contributed by atoms with Crippen LogP contribution in [0.2, 0.25) is 0 Å². The van der Waals surface area contributed by atoms with Crippen molar-refractivity contribution in [3.8, 4) is 0 Å². The zero-order valence-electron chi connectivity index (χ0n) is 13.5. The third kappa shape index (κ3) is 3.40. The molecule has 1 aliphatic rings. The number of hydrogen-bond acceptors (Lipinski definition) is 0. The van der Waals surface area contributed by atoms with Crippen LogP contribution in [0.15, 0.2) is 30.4 Å². The topological polar surface area (TPSA) is 14.1 Å². The smallest absolute Gasteiger partial charge is 0.207 e. The van der Waals surface area contributed by atoms with Gasteiger partial charge in [-0.2, -0.15) is 13.2 Å². The van der Waals surface area contributed by atoms with Gasteiger partial charge in [-0.3, -0.25) is 0 Å². The van der Waals surface area contributed by atoms with E-state index in [1.54, 1.807) is 13.8 Å². The van der Waals surface area contributed by atoms with Crippen molar-refractivity contribution in [2.24, 2.45) is 5.92 Å². The van der Waals surface area contributed by atoms with Crippen molar-refractivity contribution in [1.29, 1.82) is 0 Å². The molecule has 1 aromatic carbocycles. The quantitative estimate of drug-likeness (QED) is 0.440. The molecule has 2 atom stereocenters. The molecule has 0 spiro atoms. The van der Waals surface area contributed by atoms with Gasteiger partial charge in [-0.25, -0.2) is 4.39 Å². The van der Waals surface area contributed by atoms with Crippen LogP contribution in [0.4, 0.5) is 17.6 Å². The molecule has 2 unspecified atom stereocenters. The molecule has 124 valence electrons. The zero-order chi connectivity index (χ0) is 17.4. The second-order valence-corrected chi connectivity index (χ2v) is 6.39. The Hall–Kier alpha value is -1.87. The molecule has 1 aliphatic heterocycles. The number of alkyl halides is 3. The van der Waals surface area contributed by atoms with Gasteiger partial charge in [-0.1, -0.05) is 29.8 Å². The number of nitrogens with zero attached hydrogens (tertiary/aromatic N) is 1. The summed E-state index contributed by atoms with van der Waals surface area (Å²) in [7, 11) is 0. The van der Waals surface area contributed by atoms with Crippen molar-refractivity contribution in [2.45, 2.75) is 45.2 Å². The SMILES string of the molecule is C=C(C)C(C)(c1cc(C)cc(F)c1)C1CC=[N+]=C(C(F)(F)F)C1. The van der Waals surface area contributed by atoms with E-state index in [4.69, 9.17) is 0 Å². The van der Waals surface area contributed by atoms with E-state index in [2.05, 4.69) is 11.2 Å². The summed E-state index contributed by atoms with van der Waals surface area (Å²) in [4.78, 5) is 0. The van der Waals surface area contributed by atoms with Gasteiger partial charge in [0.1, 0.15) is 5.82 Å². The molecule has 1 heterocycles. The highest BCUT2D eigenvalue weighted by atomic mass is 19.4. The molecule has 0 fully saturated rings. The van der Waals surface area contributed by atoms with Gasteiger partial charge in [0.05, 0.1) is 6.42 Å². The summed E-state index contributed by atoms with van der Waals surface area (Å²) in [5, 5.41) is 0. The lowest BCUT2D eigenvalue weighted by atomic mass is 9.64. The minimum Gasteiger partial charge on any atom is -0.207 e. The number of benzene rings is 1. The molecule has 0 amide bonds. The summed E-state index contributed by atoms with van der Waals surface area (Å²) in [6, 6.07) is 4.61. The number of halogens is 4. The van der Waals surface area contributed by atoms with Gasteiger partial charge in [-0.05, 0) is 43.0 Å². The molecule has 0 saturated carbocycles. The third-order valence-corrected chi connectivity index (χ3v) is 4.75. The number of rotatable bonds is 3. The van der Waals surface area contributed by atoms with E-state index < -0.39 is 23.1 Å². The van der Waals surface area contributed by atoms with E-state index in [0.717, 1.165) is 5.56 Å². The first-order valence-corrected chi connectivity index (χ1v) is 7.44. The minimum absolute atomic E-state index is 0.196. The highest BCUT2D eigenvalue weighted by Crippen LogP contribution is 2.43. The van der Waals surface area contributed by atoms with Crippen molar-refractivity contribution in [2.75, 3.05) is 0 Å². The van der Waals surface area contributed by atoms with Gasteiger partial charge in [0.15, 0.2) is 0 Å². The Balaban J connectivity index is 2.47. The van der Waals surface area contributed by atoms with Crippen LogP contribution < -0.4 is 4.67 Å². The second-order valence-electron chi connectivity index (χ2n) is 6.39. The highest BCUT2D eigenvalue weighted by molar-refractivity contribution is 5.92. The average molecular weight is 326 g/mol. The predicted molar refractivity (Wildman–Crippen MR) is 85.3 cm³/mol. The molecule has 0 radical (unpaired) electrons. The van der Waals surface area contributed by atoms with E-state index in [-0.39, 0.29) is 12.3 Å². The van der Waals surface area contributed by atoms with Gasteiger partial charge in [-0.15, -0.1) is 0 Å². The highest BCUT2D eigenvalue weighted by Gasteiger charge is 2.50. The molecule has 0 aromatic heterocycles. The van der Waals surface area contributed by atoms with Crippen LogP contribution in [-0.2, 0) is 5.41 Å². The summed E-state index contributed by atoms with van der Waals surface area (Å²) in [5.74, 6) is -0.757. The van der Waals surface area contributed by atoms with Crippen molar-refractivity contribution in [1.82, 2.24) is 4.67 Å². The largest absolute Gasteiger partial charge is 0.491 e. The second kappa shape index (κ2) is 5.97. The van der Waals surface area contributed by atoms with E-state index in [0.29, 0.717) is 17.6 Å². The number of allylic oxidation sites excluding steroid dienone is 1. The molecular formula is C18H20F4N+. The molecule has 2 rings (SSSR count). The summed E-state index contributed by atoms with van der Waals surface area (Å²) in [6.07, 6.45) is -2.93. The molecule has 1 nitrogen and oxygen atoms in total. The van der Waals surface area contributed by atoms with Crippen molar-refractivity contribution >= 4 is 11.9 Å². The summed E-state index contributed by atoms with van der Waals surface area (Å²) >= 11 is 0. The Morgan fingerprint density at radius 2 is 1.91 bits per heavy atom. The lowest BCUT2D eigenvalue weighted by Crippen LogP contribution is -2.40. The summed E-state index contributed by atoms with van der Waals surface area (Å²) < 4.78 is 56.3. The van der Waals surface area contributed by atoms with Crippen LogP contribution >= 0.6 is 0 Å². The first-order valence-electron chi connectivity index (χ1n) is 7.44. The predicted octanol–water partition coefficient (Wildman–Crippen LogP) is 4.52. The van der Waals surface area contributed by atoms with E-state index in [1.807, 2.05) is 13.0 Å². The lowest BCUT2D eigenvalue weighted by molar-refractivity contribution is -0.0619. The molecule has 0 N–H and O–H groups in total. The molecule has 0 bridgehead atoms. The van der Waals surface area contributed by atoms with Gasteiger partial charge in [0.2, 0.25) is 0 Å². The maximum Gasteiger partial charge on any atom is 0.491 e. The first kappa shape index (κ1) is 17.5. The van der Waals surface area contributed by atoms with Crippen LogP contribution in [0, 0.1) is 18.7 Å². The van der Waals surface area contributed by atoms with Crippen LogP contribution in [0.5, 0.6) is 0 Å². The van der Waals surface area contributed by atoms with Gasteiger partial charge >= 0.3 is 11.9 Å². The fourth-order valence-corrected chi connectivity index (χ4v) is 3.16. The summed E-state index contributed by atoms with van der Waals surface area (Å²) in [6.45, 7) is 9.34. The van der Waals surface area contributed by atoms with E-state index >= 15 is 0 Å². The van der Waals surface area contributed by atoms with Crippen LogP contribution in [-0.4, -0.2) is 18.1 Å². The van der Waals surface area contributed by atoms with Crippen molar-refractivity contribution in [3.05, 3.63) is 47.3 Å². The standard InChI is InChI=1S/C18H20F4N/c1-11(2)17(4,14-7-12(3)8-15(19)9-14)13-5-6-23-16(10-13)18(20,21)22/h6-9,13H,1,5,10H2,2-4H3/q+1.